The minimum atomic E-state index is 0.604. The van der Waals surface area contributed by atoms with Gasteiger partial charge in [-0.25, -0.2) is 14.6 Å². The van der Waals surface area contributed by atoms with Crippen LogP contribution in [0.5, 0.6) is 0 Å². The third-order valence-corrected chi connectivity index (χ3v) is 4.66. The molecule has 0 fully saturated rings. The highest BCUT2D eigenvalue weighted by molar-refractivity contribution is 5.51. The molecule has 126 valence electrons. The summed E-state index contributed by atoms with van der Waals surface area (Å²) in [7, 11) is 0. The summed E-state index contributed by atoms with van der Waals surface area (Å²) in [6, 6.07) is 10.5. The van der Waals surface area contributed by atoms with E-state index in [1.807, 2.05) is 13.1 Å². The molecule has 1 aliphatic rings. The molecule has 5 nitrogen and oxygen atoms in total. The molecular weight excluding hydrogens is 310 g/mol. The Balaban J connectivity index is 1.43. The van der Waals surface area contributed by atoms with Crippen molar-refractivity contribution in [1.82, 2.24) is 24.6 Å². The second kappa shape index (κ2) is 6.99. The van der Waals surface area contributed by atoms with E-state index >= 15 is 0 Å². The minimum absolute atomic E-state index is 0.604. The number of aromatic nitrogens is 4. The molecule has 0 saturated heterocycles. The summed E-state index contributed by atoms with van der Waals surface area (Å²) >= 11 is 0. The van der Waals surface area contributed by atoms with E-state index in [9.17, 15) is 0 Å². The molecule has 0 saturated carbocycles. The van der Waals surface area contributed by atoms with Gasteiger partial charge >= 0.3 is 0 Å². The predicted octanol–water partition coefficient (Wildman–Crippen LogP) is 3.04. The Kier molecular flexibility index (Phi) is 4.39. The molecule has 25 heavy (non-hydrogen) atoms. The highest BCUT2D eigenvalue weighted by Crippen LogP contribution is 2.18. The number of benzene rings is 1. The first-order valence-electron chi connectivity index (χ1n) is 8.59. The standard InChI is InChI=1S/C20H21N5/c1-16-18(14-23-25(16)20-21-10-5-11-22-20)8-4-12-24-13-9-17-6-2-3-7-19(17)15-24/h2-8,10-11,14H,9,12-13,15H2,1H3. The van der Waals surface area contributed by atoms with E-state index in [1.165, 1.54) is 11.1 Å². The van der Waals surface area contributed by atoms with Crippen LogP contribution in [0.15, 0.2) is 55.0 Å². The Labute approximate surface area is 147 Å². The van der Waals surface area contributed by atoms with E-state index in [0.717, 1.165) is 37.3 Å². The molecule has 5 heteroatoms. The molecule has 4 rings (SSSR count). The first-order chi connectivity index (χ1) is 12.3. The van der Waals surface area contributed by atoms with E-state index in [2.05, 4.69) is 56.4 Å². The molecule has 1 aromatic carbocycles. The summed E-state index contributed by atoms with van der Waals surface area (Å²) in [6.07, 6.45) is 10.8. The fraction of sp³-hybridized carbons (Fsp3) is 0.250. The summed E-state index contributed by atoms with van der Waals surface area (Å²) in [5, 5.41) is 4.41. The van der Waals surface area contributed by atoms with Crippen molar-refractivity contribution in [3.8, 4) is 5.95 Å². The number of rotatable bonds is 4. The Hall–Kier alpha value is -2.79. The van der Waals surface area contributed by atoms with Gasteiger partial charge in [-0.15, -0.1) is 0 Å². The summed E-state index contributed by atoms with van der Waals surface area (Å²) in [6.45, 7) is 5.12. The quantitative estimate of drug-likeness (QED) is 0.737. The predicted molar refractivity (Wildman–Crippen MR) is 98.3 cm³/mol. The SMILES string of the molecule is Cc1c(C=CCN2CCc3ccccc3C2)cnn1-c1ncccn1. The molecule has 0 bridgehead atoms. The molecule has 0 aliphatic carbocycles. The Morgan fingerprint density at radius 1 is 1.08 bits per heavy atom. The molecule has 0 unspecified atom stereocenters. The van der Waals surface area contributed by atoms with Gasteiger partial charge in [0.05, 0.1) is 11.9 Å². The maximum absolute atomic E-state index is 4.41. The monoisotopic (exact) mass is 331 g/mol. The number of hydrogen-bond donors (Lipinski definition) is 0. The van der Waals surface area contributed by atoms with Gasteiger partial charge in [-0.3, -0.25) is 4.90 Å². The minimum Gasteiger partial charge on any atom is -0.295 e. The lowest BCUT2D eigenvalue weighted by molar-refractivity contribution is 0.282. The van der Waals surface area contributed by atoms with E-state index in [0.29, 0.717) is 5.95 Å². The van der Waals surface area contributed by atoms with Crippen molar-refractivity contribution in [3.05, 3.63) is 77.4 Å². The van der Waals surface area contributed by atoms with Crippen molar-refractivity contribution in [1.29, 1.82) is 0 Å². The van der Waals surface area contributed by atoms with Crippen LogP contribution in [0.1, 0.15) is 22.4 Å². The Bertz CT molecular complexity index is 882. The van der Waals surface area contributed by atoms with Crippen LogP contribution in [0, 0.1) is 6.92 Å². The van der Waals surface area contributed by atoms with Crippen LogP contribution in [-0.4, -0.2) is 37.7 Å². The number of fused-ring (bicyclic) bond motifs is 1. The fourth-order valence-electron chi connectivity index (χ4n) is 3.23. The van der Waals surface area contributed by atoms with Gasteiger partial charge in [-0.2, -0.15) is 5.10 Å². The molecule has 0 N–H and O–H groups in total. The molecule has 0 atom stereocenters. The zero-order chi connectivity index (χ0) is 17.1. The van der Waals surface area contributed by atoms with E-state index in [-0.39, 0.29) is 0 Å². The summed E-state index contributed by atoms with van der Waals surface area (Å²) < 4.78 is 1.77. The third-order valence-electron chi connectivity index (χ3n) is 4.66. The van der Waals surface area contributed by atoms with Crippen molar-refractivity contribution in [3.63, 3.8) is 0 Å². The van der Waals surface area contributed by atoms with Gasteiger partial charge in [0.15, 0.2) is 0 Å². The highest BCUT2D eigenvalue weighted by Gasteiger charge is 2.14. The van der Waals surface area contributed by atoms with Crippen molar-refractivity contribution in [2.24, 2.45) is 0 Å². The molecule has 2 aromatic heterocycles. The first kappa shape index (κ1) is 15.7. The molecule has 3 heterocycles. The van der Waals surface area contributed by atoms with Crippen molar-refractivity contribution >= 4 is 6.08 Å². The third kappa shape index (κ3) is 3.37. The van der Waals surface area contributed by atoms with Gasteiger partial charge in [0, 0.05) is 37.6 Å². The van der Waals surface area contributed by atoms with Crippen LogP contribution in [0.4, 0.5) is 0 Å². The molecule has 0 spiro atoms. The Morgan fingerprint density at radius 3 is 2.72 bits per heavy atom. The van der Waals surface area contributed by atoms with Crippen LogP contribution < -0.4 is 0 Å². The normalized spacial score (nSPS) is 14.8. The van der Waals surface area contributed by atoms with Crippen LogP contribution in [0.2, 0.25) is 0 Å². The van der Waals surface area contributed by atoms with Crippen LogP contribution >= 0.6 is 0 Å². The fourth-order valence-corrected chi connectivity index (χ4v) is 3.23. The lowest BCUT2D eigenvalue weighted by atomic mass is 10.00. The zero-order valence-electron chi connectivity index (χ0n) is 14.3. The molecule has 3 aromatic rings. The lowest BCUT2D eigenvalue weighted by Gasteiger charge is -2.27. The largest absolute Gasteiger partial charge is 0.295 e. The van der Waals surface area contributed by atoms with E-state index < -0.39 is 0 Å². The smallest absolute Gasteiger partial charge is 0.250 e. The maximum atomic E-state index is 4.41. The van der Waals surface area contributed by atoms with Gasteiger partial charge in [0.1, 0.15) is 0 Å². The molecule has 0 amide bonds. The second-order valence-electron chi connectivity index (χ2n) is 6.30. The van der Waals surface area contributed by atoms with Crippen LogP contribution in [0.25, 0.3) is 12.0 Å². The summed E-state index contributed by atoms with van der Waals surface area (Å²) in [4.78, 5) is 11.0. The first-order valence-corrected chi connectivity index (χ1v) is 8.59. The van der Waals surface area contributed by atoms with Crippen molar-refractivity contribution in [2.75, 3.05) is 13.1 Å². The van der Waals surface area contributed by atoms with Gasteiger partial charge < -0.3 is 0 Å². The van der Waals surface area contributed by atoms with Gasteiger partial charge in [-0.05, 0) is 30.5 Å². The summed E-state index contributed by atoms with van der Waals surface area (Å²) in [5.41, 5.74) is 5.09. The van der Waals surface area contributed by atoms with Gasteiger partial charge in [0.25, 0.3) is 5.95 Å². The average molecular weight is 331 g/mol. The zero-order valence-corrected chi connectivity index (χ0v) is 14.3. The van der Waals surface area contributed by atoms with Gasteiger partial charge in [0.2, 0.25) is 0 Å². The van der Waals surface area contributed by atoms with Crippen molar-refractivity contribution in [2.45, 2.75) is 19.9 Å². The Morgan fingerprint density at radius 2 is 1.88 bits per heavy atom. The van der Waals surface area contributed by atoms with Crippen LogP contribution in [0.3, 0.4) is 0 Å². The highest BCUT2D eigenvalue weighted by atomic mass is 15.3. The molecular formula is C20H21N5. The number of hydrogen-bond acceptors (Lipinski definition) is 4. The van der Waals surface area contributed by atoms with Crippen molar-refractivity contribution < 1.29 is 0 Å². The van der Waals surface area contributed by atoms with E-state index in [4.69, 9.17) is 0 Å². The topological polar surface area (TPSA) is 46.8 Å². The second-order valence-corrected chi connectivity index (χ2v) is 6.30. The van der Waals surface area contributed by atoms with Gasteiger partial charge in [-0.1, -0.05) is 36.4 Å². The van der Waals surface area contributed by atoms with E-state index in [1.54, 1.807) is 23.1 Å². The summed E-state index contributed by atoms with van der Waals surface area (Å²) in [5.74, 6) is 0.604. The number of nitrogens with zero attached hydrogens (tertiary/aromatic N) is 5. The average Bonchev–Trinajstić information content (AvgIpc) is 3.03. The lowest BCUT2D eigenvalue weighted by Crippen LogP contribution is -2.30. The molecule has 0 radical (unpaired) electrons. The molecule has 1 aliphatic heterocycles. The maximum Gasteiger partial charge on any atom is 0.250 e. The van der Waals surface area contributed by atoms with Crippen LogP contribution in [-0.2, 0) is 13.0 Å².